The number of aromatic nitrogens is 1. The summed E-state index contributed by atoms with van der Waals surface area (Å²) in [5, 5.41) is 17.3. The molecule has 132 valence electrons. The second kappa shape index (κ2) is 7.70. The minimum atomic E-state index is -0.459. The van der Waals surface area contributed by atoms with Crippen LogP contribution in [-0.4, -0.2) is 22.0 Å². The molecule has 3 rings (SSSR count). The molecule has 1 amide bonds. The van der Waals surface area contributed by atoms with Gasteiger partial charge in [-0.15, -0.1) is 11.3 Å². The van der Waals surface area contributed by atoms with Gasteiger partial charge in [0.05, 0.1) is 28.3 Å². The van der Waals surface area contributed by atoms with E-state index in [4.69, 9.17) is 4.42 Å². The average Bonchev–Trinajstić information content (AvgIpc) is 3.24. The van der Waals surface area contributed by atoms with E-state index in [2.05, 4.69) is 15.5 Å². The van der Waals surface area contributed by atoms with Gasteiger partial charge in [0.1, 0.15) is 11.5 Å². The van der Waals surface area contributed by atoms with E-state index in [1.807, 2.05) is 12.3 Å². The van der Waals surface area contributed by atoms with Gasteiger partial charge in [-0.05, 0) is 31.2 Å². The Kier molecular flexibility index (Phi) is 5.18. The maximum Gasteiger partial charge on any atom is 0.269 e. The minimum Gasteiger partial charge on any atom is -0.455 e. The number of hydrogen-bond acceptors (Lipinski definition) is 7. The molecule has 2 aromatic heterocycles. The van der Waals surface area contributed by atoms with Crippen LogP contribution >= 0.6 is 11.3 Å². The second-order valence-corrected chi connectivity index (χ2v) is 6.40. The van der Waals surface area contributed by atoms with E-state index in [1.165, 1.54) is 29.7 Å². The van der Waals surface area contributed by atoms with E-state index in [9.17, 15) is 14.9 Å². The van der Waals surface area contributed by atoms with E-state index < -0.39 is 4.92 Å². The normalized spacial score (nSPS) is 11.0. The summed E-state index contributed by atoms with van der Waals surface area (Å²) in [5.41, 5.74) is 3.85. The number of rotatable bonds is 6. The molecular weight excluding hydrogens is 356 g/mol. The summed E-state index contributed by atoms with van der Waals surface area (Å²) in [5.74, 6) is 0.725. The molecule has 1 N–H and O–H groups in total. The maximum absolute atomic E-state index is 11.8. The van der Waals surface area contributed by atoms with Crippen molar-refractivity contribution >= 4 is 29.1 Å². The number of hydrogen-bond donors (Lipinski definition) is 1. The summed E-state index contributed by atoms with van der Waals surface area (Å²) < 4.78 is 5.59. The van der Waals surface area contributed by atoms with Crippen LogP contribution in [0.1, 0.15) is 16.5 Å². The number of nitro benzene ring substituents is 1. The van der Waals surface area contributed by atoms with E-state index in [0.29, 0.717) is 22.8 Å². The number of nitrogens with one attached hydrogen (secondary N) is 1. The van der Waals surface area contributed by atoms with Crippen molar-refractivity contribution in [2.75, 3.05) is 0 Å². The highest BCUT2D eigenvalue weighted by Crippen LogP contribution is 2.23. The highest BCUT2D eigenvalue weighted by Gasteiger charge is 2.08. The van der Waals surface area contributed by atoms with Crippen molar-refractivity contribution in [1.29, 1.82) is 0 Å². The number of furan rings is 1. The van der Waals surface area contributed by atoms with Gasteiger partial charge in [-0.3, -0.25) is 14.9 Å². The van der Waals surface area contributed by atoms with Gasteiger partial charge in [0.2, 0.25) is 5.91 Å². The molecule has 0 radical (unpaired) electrons. The molecule has 26 heavy (non-hydrogen) atoms. The lowest BCUT2D eigenvalue weighted by atomic mass is 10.1. The van der Waals surface area contributed by atoms with Crippen molar-refractivity contribution in [2.24, 2.45) is 5.10 Å². The first-order valence-corrected chi connectivity index (χ1v) is 8.47. The summed E-state index contributed by atoms with van der Waals surface area (Å²) in [6.45, 7) is 1.88. The Morgan fingerprint density at radius 1 is 1.35 bits per heavy atom. The van der Waals surface area contributed by atoms with Gasteiger partial charge in [0.15, 0.2) is 0 Å². The van der Waals surface area contributed by atoms with E-state index in [0.717, 1.165) is 5.01 Å². The van der Waals surface area contributed by atoms with Gasteiger partial charge in [-0.2, -0.15) is 5.10 Å². The van der Waals surface area contributed by atoms with Crippen molar-refractivity contribution in [3.63, 3.8) is 0 Å². The Labute approximate surface area is 152 Å². The Hall–Kier alpha value is -3.33. The van der Waals surface area contributed by atoms with Gasteiger partial charge in [0, 0.05) is 23.1 Å². The molecule has 0 unspecified atom stereocenters. The predicted octanol–water partition coefficient (Wildman–Crippen LogP) is 3.31. The molecule has 1 aromatic carbocycles. The van der Waals surface area contributed by atoms with Crippen LogP contribution in [0.3, 0.4) is 0 Å². The third kappa shape index (κ3) is 4.39. The van der Waals surface area contributed by atoms with Gasteiger partial charge in [-0.1, -0.05) is 0 Å². The quantitative estimate of drug-likeness (QED) is 0.406. The van der Waals surface area contributed by atoms with Crippen molar-refractivity contribution in [1.82, 2.24) is 10.4 Å². The molecule has 9 heteroatoms. The van der Waals surface area contributed by atoms with Crippen LogP contribution in [-0.2, 0) is 11.2 Å². The first-order chi connectivity index (χ1) is 12.5. The molecule has 0 atom stereocenters. The lowest BCUT2D eigenvalue weighted by Gasteiger charge is -1.97. The highest BCUT2D eigenvalue weighted by atomic mass is 32.1. The predicted molar refractivity (Wildman–Crippen MR) is 97.1 cm³/mol. The SMILES string of the molecule is Cc1nc(CC(=O)N/N=C\c2ccc(-c3ccc([N+](=O)[O-])cc3)o2)cs1. The molecule has 0 bridgehead atoms. The average molecular weight is 370 g/mol. The third-order valence-corrected chi connectivity index (χ3v) is 4.20. The van der Waals surface area contributed by atoms with Crippen LogP contribution in [0.25, 0.3) is 11.3 Å². The molecule has 0 aliphatic heterocycles. The Morgan fingerprint density at radius 2 is 2.12 bits per heavy atom. The number of nitro groups is 1. The van der Waals surface area contributed by atoms with E-state index >= 15 is 0 Å². The van der Waals surface area contributed by atoms with Crippen LogP contribution in [0.5, 0.6) is 0 Å². The largest absolute Gasteiger partial charge is 0.455 e. The Bertz CT molecular complexity index is 959. The van der Waals surface area contributed by atoms with Gasteiger partial charge < -0.3 is 4.42 Å². The lowest BCUT2D eigenvalue weighted by Crippen LogP contribution is -2.19. The molecule has 0 aliphatic carbocycles. The standard InChI is InChI=1S/C17H14N4O4S/c1-11-19-13(10-26-11)8-17(22)20-18-9-15-6-7-16(25-15)12-2-4-14(5-3-12)21(23)24/h2-7,9-10H,8H2,1H3,(H,20,22)/b18-9-. The Morgan fingerprint density at radius 3 is 2.77 bits per heavy atom. The summed E-state index contributed by atoms with van der Waals surface area (Å²) in [7, 11) is 0. The molecule has 0 spiro atoms. The molecule has 0 fully saturated rings. The first-order valence-electron chi connectivity index (χ1n) is 7.59. The number of carbonyl (C=O) groups is 1. The van der Waals surface area contributed by atoms with Crippen molar-refractivity contribution in [2.45, 2.75) is 13.3 Å². The molecule has 8 nitrogen and oxygen atoms in total. The minimum absolute atomic E-state index is 0.0140. The number of thiazole rings is 1. The Balaban J connectivity index is 1.58. The van der Waals surface area contributed by atoms with Crippen LogP contribution in [0, 0.1) is 17.0 Å². The fourth-order valence-corrected chi connectivity index (χ4v) is 2.80. The number of nitrogens with zero attached hydrogens (tertiary/aromatic N) is 3. The number of carbonyl (C=O) groups excluding carboxylic acids is 1. The second-order valence-electron chi connectivity index (χ2n) is 5.33. The summed E-state index contributed by atoms with van der Waals surface area (Å²) >= 11 is 1.49. The molecule has 2 heterocycles. The summed E-state index contributed by atoms with van der Waals surface area (Å²) in [6.07, 6.45) is 1.55. The lowest BCUT2D eigenvalue weighted by molar-refractivity contribution is -0.384. The van der Waals surface area contributed by atoms with Gasteiger partial charge in [-0.25, -0.2) is 10.4 Å². The summed E-state index contributed by atoms with van der Waals surface area (Å²) in [4.78, 5) is 26.2. The van der Waals surface area contributed by atoms with Crippen molar-refractivity contribution in [3.05, 3.63) is 68.4 Å². The first kappa shape index (κ1) is 17.5. The molecule has 3 aromatic rings. The smallest absolute Gasteiger partial charge is 0.269 e. The number of benzene rings is 1. The number of non-ortho nitro benzene ring substituents is 1. The van der Waals surface area contributed by atoms with Crippen LogP contribution in [0.15, 0.2) is 51.3 Å². The van der Waals surface area contributed by atoms with Crippen LogP contribution in [0.2, 0.25) is 0 Å². The van der Waals surface area contributed by atoms with Crippen LogP contribution < -0.4 is 5.43 Å². The van der Waals surface area contributed by atoms with Crippen molar-refractivity contribution in [3.8, 4) is 11.3 Å². The maximum atomic E-state index is 11.8. The third-order valence-electron chi connectivity index (χ3n) is 3.38. The zero-order chi connectivity index (χ0) is 18.5. The zero-order valence-corrected chi connectivity index (χ0v) is 14.5. The highest BCUT2D eigenvalue weighted by molar-refractivity contribution is 7.09. The van der Waals surface area contributed by atoms with Gasteiger partial charge in [0.25, 0.3) is 5.69 Å². The zero-order valence-electron chi connectivity index (χ0n) is 13.7. The van der Waals surface area contributed by atoms with Crippen molar-refractivity contribution < 1.29 is 14.1 Å². The number of amides is 1. The van der Waals surface area contributed by atoms with E-state index in [1.54, 1.807) is 24.3 Å². The topological polar surface area (TPSA) is 111 Å². The monoisotopic (exact) mass is 370 g/mol. The summed E-state index contributed by atoms with van der Waals surface area (Å²) in [6, 6.07) is 9.45. The van der Waals surface area contributed by atoms with Gasteiger partial charge >= 0.3 is 0 Å². The fraction of sp³-hybridized carbons (Fsp3) is 0.118. The molecule has 0 saturated heterocycles. The number of hydrazone groups is 1. The molecular formula is C17H14N4O4S. The molecule has 0 saturated carbocycles. The van der Waals surface area contributed by atoms with E-state index in [-0.39, 0.29) is 18.0 Å². The molecule has 0 aliphatic rings. The van der Waals surface area contributed by atoms with Crippen LogP contribution in [0.4, 0.5) is 5.69 Å². The fourth-order valence-electron chi connectivity index (χ4n) is 2.19. The number of aryl methyl sites for hydroxylation is 1.